The van der Waals surface area contributed by atoms with Crippen molar-refractivity contribution in [1.29, 1.82) is 0 Å². The number of aromatic nitrogens is 4. The maximum atomic E-state index is 12.5. The predicted octanol–water partition coefficient (Wildman–Crippen LogP) is 4.95. The first-order valence-electron chi connectivity index (χ1n) is 11.8. The van der Waals surface area contributed by atoms with Crippen LogP contribution in [0.3, 0.4) is 0 Å². The average molecular weight is 457 g/mol. The first kappa shape index (κ1) is 23.6. The molecule has 0 amide bonds. The Kier molecular flexibility index (Phi) is 7.03. The normalized spacial score (nSPS) is 13.2. The van der Waals surface area contributed by atoms with E-state index in [9.17, 15) is 4.79 Å². The van der Waals surface area contributed by atoms with Crippen molar-refractivity contribution in [3.63, 3.8) is 0 Å². The van der Waals surface area contributed by atoms with Crippen LogP contribution in [0.2, 0.25) is 0 Å². The number of hydrogen-bond acceptors (Lipinski definition) is 6. The fraction of sp³-hybridized carbons (Fsp3) is 0.333. The van der Waals surface area contributed by atoms with Gasteiger partial charge in [0.1, 0.15) is 5.82 Å². The Hall–Kier alpha value is -3.58. The number of nitrogens with one attached hydrogen (secondary N) is 1. The molecule has 3 N–H and O–H groups in total. The van der Waals surface area contributed by atoms with E-state index in [-0.39, 0.29) is 5.78 Å². The van der Waals surface area contributed by atoms with Gasteiger partial charge in [0, 0.05) is 35.0 Å². The number of nitrogen functional groups attached to an aromatic ring is 1. The molecule has 0 aliphatic carbocycles. The molecule has 1 aromatic carbocycles. The van der Waals surface area contributed by atoms with Crippen molar-refractivity contribution in [2.75, 3.05) is 5.73 Å². The molecule has 176 valence electrons. The van der Waals surface area contributed by atoms with Gasteiger partial charge in [0.2, 0.25) is 0 Å². The molecule has 7 nitrogen and oxygen atoms in total. The number of hydrogen-bond donors (Lipinski definition) is 2. The van der Waals surface area contributed by atoms with Crippen LogP contribution in [0, 0.1) is 0 Å². The maximum Gasteiger partial charge on any atom is 0.165 e. The predicted molar refractivity (Wildman–Crippen MR) is 137 cm³/mol. The van der Waals surface area contributed by atoms with Gasteiger partial charge in [0.05, 0.1) is 23.1 Å². The number of benzene rings is 1. The van der Waals surface area contributed by atoms with Crippen molar-refractivity contribution in [2.45, 2.75) is 59.0 Å². The Morgan fingerprint density at radius 3 is 2.47 bits per heavy atom. The number of fused-ring (bicyclic) bond motifs is 1. The summed E-state index contributed by atoms with van der Waals surface area (Å²) in [6.45, 7) is 8.03. The monoisotopic (exact) mass is 456 g/mol. The minimum Gasteiger partial charge on any atom is -0.383 e. The SMILES string of the molecule is CC[C@H](C)N[C@H](C)CCc1nc2c(-c3ccc(-c4ccccc4)nc3)cnn2c(N)c1C(C)=O. The van der Waals surface area contributed by atoms with Gasteiger partial charge >= 0.3 is 0 Å². The highest BCUT2D eigenvalue weighted by Gasteiger charge is 2.21. The van der Waals surface area contributed by atoms with Gasteiger partial charge in [-0.3, -0.25) is 9.78 Å². The second kappa shape index (κ2) is 10.1. The minimum absolute atomic E-state index is 0.102. The Balaban J connectivity index is 1.69. The van der Waals surface area contributed by atoms with E-state index >= 15 is 0 Å². The van der Waals surface area contributed by atoms with Crippen molar-refractivity contribution in [2.24, 2.45) is 0 Å². The van der Waals surface area contributed by atoms with Crippen LogP contribution in [0.5, 0.6) is 0 Å². The molecule has 0 saturated carbocycles. The number of carbonyl (C=O) groups excluding carboxylic acids is 1. The van der Waals surface area contributed by atoms with Crippen LogP contribution >= 0.6 is 0 Å². The van der Waals surface area contributed by atoms with Crippen LogP contribution in [-0.2, 0) is 6.42 Å². The summed E-state index contributed by atoms with van der Waals surface area (Å²) in [7, 11) is 0. The molecule has 0 fully saturated rings. The number of pyridine rings is 1. The Bertz CT molecular complexity index is 1280. The van der Waals surface area contributed by atoms with Crippen LogP contribution in [0.25, 0.3) is 28.0 Å². The third-order valence-electron chi connectivity index (χ3n) is 6.25. The van der Waals surface area contributed by atoms with Crippen LogP contribution in [0.1, 0.15) is 56.6 Å². The highest BCUT2D eigenvalue weighted by atomic mass is 16.1. The number of ketones is 1. The van der Waals surface area contributed by atoms with Crippen molar-refractivity contribution >= 4 is 17.2 Å². The summed E-state index contributed by atoms with van der Waals surface area (Å²) in [5, 5.41) is 8.02. The second-order valence-electron chi connectivity index (χ2n) is 8.88. The van der Waals surface area contributed by atoms with Gasteiger partial charge in [-0.15, -0.1) is 0 Å². The number of nitrogens with zero attached hydrogens (tertiary/aromatic N) is 4. The highest BCUT2D eigenvalue weighted by Crippen LogP contribution is 2.29. The summed E-state index contributed by atoms with van der Waals surface area (Å²) in [6, 6.07) is 14.8. The number of aryl methyl sites for hydroxylation is 1. The summed E-state index contributed by atoms with van der Waals surface area (Å²) in [4.78, 5) is 22.0. The van der Waals surface area contributed by atoms with Crippen molar-refractivity contribution in [1.82, 2.24) is 24.9 Å². The lowest BCUT2D eigenvalue weighted by atomic mass is 10.0. The number of rotatable bonds is 9. The largest absolute Gasteiger partial charge is 0.383 e. The molecule has 2 atom stereocenters. The van der Waals surface area contributed by atoms with Crippen molar-refractivity contribution in [3.05, 3.63) is 66.1 Å². The first-order chi connectivity index (χ1) is 16.4. The Morgan fingerprint density at radius 1 is 1.06 bits per heavy atom. The highest BCUT2D eigenvalue weighted by molar-refractivity contribution is 6.00. The van der Waals surface area contributed by atoms with Gasteiger partial charge in [-0.2, -0.15) is 9.61 Å². The summed E-state index contributed by atoms with van der Waals surface area (Å²) >= 11 is 0. The molecule has 0 aliphatic rings. The Labute approximate surface area is 200 Å². The molecule has 4 aromatic rings. The molecule has 3 aromatic heterocycles. The zero-order chi connectivity index (χ0) is 24.2. The number of carbonyl (C=O) groups is 1. The van der Waals surface area contributed by atoms with E-state index in [2.05, 4.69) is 36.2 Å². The molecule has 0 bridgehead atoms. The zero-order valence-electron chi connectivity index (χ0n) is 20.2. The van der Waals surface area contributed by atoms with Gasteiger partial charge in [-0.1, -0.05) is 43.3 Å². The summed E-state index contributed by atoms with van der Waals surface area (Å²) < 4.78 is 1.56. The fourth-order valence-corrected chi connectivity index (χ4v) is 4.20. The zero-order valence-corrected chi connectivity index (χ0v) is 20.2. The molecule has 0 unspecified atom stereocenters. The van der Waals surface area contributed by atoms with Crippen LogP contribution in [0.4, 0.5) is 5.82 Å². The van der Waals surface area contributed by atoms with Gasteiger partial charge in [0.15, 0.2) is 11.4 Å². The van der Waals surface area contributed by atoms with Gasteiger partial charge in [0.25, 0.3) is 0 Å². The van der Waals surface area contributed by atoms with Crippen molar-refractivity contribution < 1.29 is 4.79 Å². The molecule has 0 radical (unpaired) electrons. The van der Waals surface area contributed by atoms with E-state index < -0.39 is 0 Å². The third kappa shape index (κ3) is 4.84. The molecule has 34 heavy (non-hydrogen) atoms. The lowest BCUT2D eigenvalue weighted by Crippen LogP contribution is -2.34. The van der Waals surface area contributed by atoms with E-state index in [0.717, 1.165) is 35.2 Å². The fourth-order valence-electron chi connectivity index (χ4n) is 4.20. The minimum atomic E-state index is -0.102. The smallest absolute Gasteiger partial charge is 0.165 e. The standard InChI is InChI=1S/C27H32N6O/c1-5-17(2)31-18(3)11-13-24-25(19(4)34)26(28)33-27(32-24)22(16-30-33)21-12-14-23(29-15-21)20-9-7-6-8-10-20/h6-10,12,14-18,31H,5,11,13,28H2,1-4H3/t17-,18+/m0/s1. The number of nitrogens with two attached hydrogens (primary N) is 1. The third-order valence-corrected chi connectivity index (χ3v) is 6.25. The number of Topliss-reactive ketones (excluding diaryl/α,β-unsaturated/α-hetero) is 1. The molecule has 0 aliphatic heterocycles. The number of anilines is 1. The van der Waals surface area contributed by atoms with Gasteiger partial charge in [-0.25, -0.2) is 4.98 Å². The molecule has 0 saturated heterocycles. The summed E-state index contributed by atoms with van der Waals surface area (Å²) in [5.41, 5.74) is 11.9. The molecule has 4 rings (SSSR count). The maximum absolute atomic E-state index is 12.5. The quantitative estimate of drug-likeness (QED) is 0.346. The summed E-state index contributed by atoms with van der Waals surface area (Å²) in [5.74, 6) is 0.227. The molecular formula is C27H32N6O. The van der Waals surface area contributed by atoms with E-state index in [1.54, 1.807) is 10.7 Å². The molecule has 7 heteroatoms. The van der Waals surface area contributed by atoms with Gasteiger partial charge < -0.3 is 11.1 Å². The molecule has 3 heterocycles. The van der Waals surface area contributed by atoms with Crippen LogP contribution in [0.15, 0.2) is 54.9 Å². The average Bonchev–Trinajstić information content (AvgIpc) is 3.27. The Morgan fingerprint density at radius 2 is 1.82 bits per heavy atom. The van der Waals surface area contributed by atoms with E-state index in [1.165, 1.54) is 6.92 Å². The molecular weight excluding hydrogens is 424 g/mol. The van der Waals surface area contributed by atoms with Crippen molar-refractivity contribution in [3.8, 4) is 22.4 Å². The lowest BCUT2D eigenvalue weighted by molar-refractivity contribution is 0.101. The van der Waals surface area contributed by atoms with Crippen LogP contribution < -0.4 is 11.1 Å². The van der Waals surface area contributed by atoms with E-state index in [4.69, 9.17) is 10.7 Å². The first-order valence-corrected chi connectivity index (χ1v) is 11.8. The topological polar surface area (TPSA) is 98.2 Å². The van der Waals surface area contributed by atoms with E-state index in [0.29, 0.717) is 41.2 Å². The summed E-state index contributed by atoms with van der Waals surface area (Å²) in [6.07, 6.45) is 6.13. The van der Waals surface area contributed by atoms with Gasteiger partial charge in [-0.05, 0) is 46.1 Å². The second-order valence-corrected chi connectivity index (χ2v) is 8.88. The van der Waals surface area contributed by atoms with Crippen LogP contribution in [-0.4, -0.2) is 37.4 Å². The van der Waals surface area contributed by atoms with E-state index in [1.807, 2.05) is 48.7 Å². The molecule has 0 spiro atoms. The lowest BCUT2D eigenvalue weighted by Gasteiger charge is -2.19.